The number of amides is 3. The molecule has 1 aliphatic rings. The quantitative estimate of drug-likeness (QED) is 0.414. The van der Waals surface area contributed by atoms with Crippen molar-refractivity contribution in [3.8, 4) is 11.5 Å². The van der Waals surface area contributed by atoms with Crippen LogP contribution in [0.25, 0.3) is 22.6 Å². The van der Waals surface area contributed by atoms with Crippen molar-refractivity contribution in [1.82, 2.24) is 9.88 Å². The van der Waals surface area contributed by atoms with Gasteiger partial charge in [-0.3, -0.25) is 14.4 Å². The number of oxazole rings is 1. The fraction of sp³-hybridized carbons (Fsp3) is 0.231. The van der Waals surface area contributed by atoms with Crippen LogP contribution in [0, 0.1) is 0 Å². The van der Waals surface area contributed by atoms with Crippen LogP contribution in [0.5, 0.6) is 0 Å². The molecule has 5 rings (SSSR count). The van der Waals surface area contributed by atoms with Gasteiger partial charge in [-0.15, -0.1) is 0 Å². The Bertz CT molecular complexity index is 1350. The van der Waals surface area contributed by atoms with Gasteiger partial charge in [-0.05, 0) is 69.3 Å². The van der Waals surface area contributed by atoms with Crippen molar-refractivity contribution in [1.29, 1.82) is 0 Å². The number of nitrogens with zero attached hydrogens (tertiary/aromatic N) is 3. The number of furan rings is 1. The summed E-state index contributed by atoms with van der Waals surface area (Å²) in [6.07, 6.45) is 1.30. The molecule has 3 heterocycles. The van der Waals surface area contributed by atoms with Gasteiger partial charge in [0.15, 0.2) is 11.3 Å². The van der Waals surface area contributed by atoms with Gasteiger partial charge in [0.05, 0.1) is 18.4 Å². The number of hydrogen-bond donors (Lipinski definition) is 0. The Morgan fingerprint density at radius 1 is 1.03 bits per heavy atom. The van der Waals surface area contributed by atoms with Crippen molar-refractivity contribution in [2.75, 3.05) is 4.90 Å². The molecule has 4 aromatic rings. The van der Waals surface area contributed by atoms with E-state index in [0.717, 1.165) is 16.0 Å². The van der Waals surface area contributed by atoms with Gasteiger partial charge in [-0.25, -0.2) is 9.88 Å². The maximum Gasteiger partial charge on any atom is 0.290 e. The topological polar surface area (TPSA) is 96.9 Å². The van der Waals surface area contributed by atoms with Crippen molar-refractivity contribution in [3.05, 3.63) is 72.7 Å². The van der Waals surface area contributed by atoms with E-state index >= 15 is 0 Å². The molecule has 1 fully saturated rings. The summed E-state index contributed by atoms with van der Waals surface area (Å²) in [6.45, 7) is 5.47. The van der Waals surface area contributed by atoms with Crippen LogP contribution in [0.2, 0.25) is 0 Å². The van der Waals surface area contributed by atoms with E-state index in [9.17, 15) is 14.4 Å². The van der Waals surface area contributed by atoms with E-state index < -0.39 is 23.4 Å². The molecule has 34 heavy (non-hydrogen) atoms. The minimum atomic E-state index is -0.929. The van der Waals surface area contributed by atoms with Gasteiger partial charge in [0.1, 0.15) is 11.6 Å². The average Bonchev–Trinajstić information content (AvgIpc) is 3.53. The fourth-order valence-corrected chi connectivity index (χ4v) is 4.27. The summed E-state index contributed by atoms with van der Waals surface area (Å²) in [5.41, 5.74) is 1.87. The number of rotatable bonds is 4. The smallest absolute Gasteiger partial charge is 0.290 e. The third-order valence-electron chi connectivity index (χ3n) is 5.77. The molecule has 2 aromatic carbocycles. The van der Waals surface area contributed by atoms with Crippen LogP contribution in [0.4, 0.5) is 5.69 Å². The van der Waals surface area contributed by atoms with E-state index in [1.165, 1.54) is 11.2 Å². The van der Waals surface area contributed by atoms with Gasteiger partial charge in [-0.2, -0.15) is 0 Å². The van der Waals surface area contributed by atoms with Crippen molar-refractivity contribution >= 4 is 34.5 Å². The molecule has 0 aliphatic carbocycles. The zero-order valence-corrected chi connectivity index (χ0v) is 19.0. The van der Waals surface area contributed by atoms with Crippen molar-refractivity contribution < 1.29 is 23.2 Å². The van der Waals surface area contributed by atoms with Crippen LogP contribution in [0.15, 0.2) is 75.8 Å². The molecule has 1 unspecified atom stereocenters. The van der Waals surface area contributed by atoms with E-state index in [2.05, 4.69) is 4.98 Å². The van der Waals surface area contributed by atoms with Gasteiger partial charge < -0.3 is 13.7 Å². The number of benzene rings is 2. The van der Waals surface area contributed by atoms with Gasteiger partial charge >= 0.3 is 0 Å². The van der Waals surface area contributed by atoms with E-state index in [-0.39, 0.29) is 18.1 Å². The lowest BCUT2D eigenvalue weighted by molar-refractivity contribution is -0.123. The lowest BCUT2D eigenvalue weighted by Gasteiger charge is -2.38. The summed E-state index contributed by atoms with van der Waals surface area (Å²) in [5, 5.41) is 0. The van der Waals surface area contributed by atoms with Crippen molar-refractivity contribution in [2.24, 2.45) is 0 Å². The van der Waals surface area contributed by atoms with Gasteiger partial charge in [0.2, 0.25) is 11.8 Å². The van der Waals surface area contributed by atoms with Crippen LogP contribution in [0.1, 0.15) is 37.7 Å². The highest BCUT2D eigenvalue weighted by atomic mass is 16.3. The summed E-state index contributed by atoms with van der Waals surface area (Å²) in [5.74, 6) is -0.679. The SMILES string of the molecule is CC(C)(C)N(C(=O)c1ccco1)C1CC(=O)N(c2ccc(-c3nc4ccccc4o3)cc2)C1=O. The lowest BCUT2D eigenvalue weighted by atomic mass is 10.0. The van der Waals surface area contributed by atoms with Crippen molar-refractivity contribution in [2.45, 2.75) is 38.8 Å². The standard InChI is InChI=1S/C26H23N3O5/c1-26(2,3)29(25(32)21-9-6-14-33-21)19-15-22(30)28(24(19)31)17-12-10-16(11-13-17)23-27-18-7-4-5-8-20(18)34-23/h4-14,19H,15H2,1-3H3. The van der Waals surface area contributed by atoms with E-state index in [0.29, 0.717) is 17.2 Å². The molecule has 0 bridgehead atoms. The molecule has 8 heteroatoms. The van der Waals surface area contributed by atoms with Crippen LogP contribution in [-0.4, -0.2) is 39.2 Å². The number of carbonyl (C=O) groups is 3. The van der Waals surface area contributed by atoms with Crippen LogP contribution in [-0.2, 0) is 9.59 Å². The molecule has 1 saturated heterocycles. The highest BCUT2D eigenvalue weighted by molar-refractivity contribution is 6.23. The Hall–Kier alpha value is -4.20. The first-order valence-corrected chi connectivity index (χ1v) is 10.9. The second-order valence-electron chi connectivity index (χ2n) is 9.14. The number of fused-ring (bicyclic) bond motifs is 1. The summed E-state index contributed by atoms with van der Waals surface area (Å²) < 4.78 is 11.1. The molecular weight excluding hydrogens is 434 g/mol. The Morgan fingerprint density at radius 2 is 1.76 bits per heavy atom. The molecule has 1 atom stereocenters. The number of hydrogen-bond acceptors (Lipinski definition) is 6. The zero-order chi connectivity index (χ0) is 24.0. The molecule has 0 N–H and O–H groups in total. The summed E-state index contributed by atoms with van der Waals surface area (Å²) >= 11 is 0. The lowest BCUT2D eigenvalue weighted by Crippen LogP contribution is -2.54. The number of aromatic nitrogens is 1. The molecule has 0 spiro atoms. The molecule has 1 aliphatic heterocycles. The molecule has 2 aromatic heterocycles. The van der Waals surface area contributed by atoms with Gasteiger partial charge in [0.25, 0.3) is 11.8 Å². The second kappa shape index (κ2) is 7.98. The van der Waals surface area contributed by atoms with Crippen LogP contribution < -0.4 is 4.90 Å². The third-order valence-corrected chi connectivity index (χ3v) is 5.77. The first kappa shape index (κ1) is 21.6. The molecule has 3 amide bonds. The van der Waals surface area contributed by atoms with Crippen LogP contribution in [0.3, 0.4) is 0 Å². The number of imide groups is 1. The largest absolute Gasteiger partial charge is 0.459 e. The molecular formula is C26H23N3O5. The zero-order valence-electron chi connectivity index (χ0n) is 19.0. The first-order chi connectivity index (χ1) is 16.2. The second-order valence-corrected chi connectivity index (χ2v) is 9.14. The van der Waals surface area contributed by atoms with Crippen LogP contribution >= 0.6 is 0 Å². The Balaban J connectivity index is 1.43. The maximum atomic E-state index is 13.4. The van der Waals surface area contributed by atoms with Gasteiger partial charge in [0, 0.05) is 11.1 Å². The molecule has 172 valence electrons. The van der Waals surface area contributed by atoms with Gasteiger partial charge in [-0.1, -0.05) is 12.1 Å². The maximum absolute atomic E-state index is 13.4. The minimum Gasteiger partial charge on any atom is -0.459 e. The van der Waals surface area contributed by atoms with E-state index in [1.807, 2.05) is 45.0 Å². The summed E-state index contributed by atoms with van der Waals surface area (Å²) in [6, 6.07) is 16.6. The fourth-order valence-electron chi connectivity index (χ4n) is 4.27. The Morgan fingerprint density at radius 3 is 2.41 bits per heavy atom. The van der Waals surface area contributed by atoms with Crippen molar-refractivity contribution in [3.63, 3.8) is 0 Å². The predicted molar refractivity (Wildman–Crippen MR) is 125 cm³/mol. The highest BCUT2D eigenvalue weighted by Gasteiger charge is 2.48. The molecule has 0 saturated carbocycles. The molecule has 8 nitrogen and oxygen atoms in total. The normalized spacial score (nSPS) is 16.4. The Labute approximate surface area is 195 Å². The number of anilines is 1. The predicted octanol–water partition coefficient (Wildman–Crippen LogP) is 4.66. The molecule has 0 radical (unpaired) electrons. The van der Waals surface area contributed by atoms with E-state index in [4.69, 9.17) is 8.83 Å². The summed E-state index contributed by atoms with van der Waals surface area (Å²) in [4.78, 5) is 46.5. The third kappa shape index (κ3) is 3.67. The minimum absolute atomic E-state index is 0.102. The first-order valence-electron chi connectivity index (χ1n) is 10.9. The summed E-state index contributed by atoms with van der Waals surface area (Å²) in [7, 11) is 0. The monoisotopic (exact) mass is 457 g/mol. The number of carbonyl (C=O) groups excluding carboxylic acids is 3. The average molecular weight is 457 g/mol. The number of para-hydroxylation sites is 2. The highest BCUT2D eigenvalue weighted by Crippen LogP contribution is 2.32. The Kier molecular flexibility index (Phi) is 5.08. The van der Waals surface area contributed by atoms with E-state index in [1.54, 1.807) is 36.4 Å².